The monoisotopic (exact) mass is 440 g/mol. The van der Waals surface area contributed by atoms with Crippen molar-refractivity contribution < 1.29 is 23.7 Å². The standard InChI is InChI=1S/C25H32N2O5/c1-29-21-9-8-20(18-22(21)30-2)25(28)24(27-12-16-32-17-13-27)23(19-6-4-3-5-7-19)26-10-14-31-15-11-26/h3-9,18,23-24H,10-17H2,1-2H3/t23-,24-/m1/s1. The van der Waals surface area contributed by atoms with Gasteiger partial charge in [0.2, 0.25) is 0 Å². The number of hydrogen-bond acceptors (Lipinski definition) is 7. The Bertz CT molecular complexity index is 879. The van der Waals surface area contributed by atoms with E-state index in [1.54, 1.807) is 26.4 Å². The summed E-state index contributed by atoms with van der Waals surface area (Å²) in [4.78, 5) is 18.8. The second-order valence-electron chi connectivity index (χ2n) is 8.03. The molecule has 2 saturated heterocycles. The molecule has 4 rings (SSSR count). The lowest BCUT2D eigenvalue weighted by Crippen LogP contribution is -2.55. The van der Waals surface area contributed by atoms with Crippen molar-refractivity contribution in [1.29, 1.82) is 0 Å². The summed E-state index contributed by atoms with van der Waals surface area (Å²) in [7, 11) is 3.19. The fourth-order valence-corrected chi connectivity index (χ4v) is 4.62. The highest BCUT2D eigenvalue weighted by Gasteiger charge is 2.39. The zero-order valence-corrected chi connectivity index (χ0v) is 18.9. The molecule has 0 N–H and O–H groups in total. The van der Waals surface area contributed by atoms with Gasteiger partial charge in [-0.1, -0.05) is 30.3 Å². The van der Waals surface area contributed by atoms with E-state index in [1.807, 2.05) is 24.3 Å². The van der Waals surface area contributed by atoms with Crippen LogP contribution in [0, 0.1) is 0 Å². The van der Waals surface area contributed by atoms with Gasteiger partial charge in [0, 0.05) is 31.7 Å². The van der Waals surface area contributed by atoms with Crippen molar-refractivity contribution in [2.75, 3.05) is 66.8 Å². The maximum absolute atomic E-state index is 14.1. The van der Waals surface area contributed by atoms with Gasteiger partial charge >= 0.3 is 0 Å². The van der Waals surface area contributed by atoms with Crippen molar-refractivity contribution in [3.05, 3.63) is 59.7 Å². The Morgan fingerprint density at radius 1 is 0.812 bits per heavy atom. The van der Waals surface area contributed by atoms with Crippen LogP contribution in [0.25, 0.3) is 0 Å². The first-order valence-corrected chi connectivity index (χ1v) is 11.2. The molecule has 2 heterocycles. The predicted octanol–water partition coefficient (Wildman–Crippen LogP) is 2.66. The molecule has 2 atom stereocenters. The SMILES string of the molecule is COc1ccc(C(=O)[C@@H]([C@@H](c2ccccc2)N2CCOCC2)N2CCOCC2)cc1OC. The van der Waals surface area contributed by atoms with Crippen LogP contribution in [0.5, 0.6) is 11.5 Å². The molecule has 32 heavy (non-hydrogen) atoms. The number of rotatable bonds is 8. The first kappa shape index (κ1) is 22.7. The summed E-state index contributed by atoms with van der Waals surface area (Å²) in [5.41, 5.74) is 1.76. The summed E-state index contributed by atoms with van der Waals surface area (Å²) >= 11 is 0. The highest BCUT2D eigenvalue weighted by molar-refractivity contribution is 6.01. The number of hydrogen-bond donors (Lipinski definition) is 0. The molecule has 7 heteroatoms. The highest BCUT2D eigenvalue weighted by atomic mass is 16.5. The number of carbonyl (C=O) groups is 1. The van der Waals surface area contributed by atoms with Crippen LogP contribution in [-0.2, 0) is 9.47 Å². The minimum atomic E-state index is -0.350. The van der Waals surface area contributed by atoms with Crippen molar-refractivity contribution in [2.45, 2.75) is 12.1 Å². The Morgan fingerprint density at radius 2 is 1.41 bits per heavy atom. The molecule has 0 radical (unpaired) electrons. The number of ketones is 1. The van der Waals surface area contributed by atoms with Gasteiger partial charge in [-0.15, -0.1) is 0 Å². The fourth-order valence-electron chi connectivity index (χ4n) is 4.62. The molecule has 0 amide bonds. The summed E-state index contributed by atoms with van der Waals surface area (Å²) in [6.07, 6.45) is 0. The molecule has 0 bridgehead atoms. The van der Waals surface area contributed by atoms with Gasteiger partial charge in [0.25, 0.3) is 0 Å². The van der Waals surface area contributed by atoms with Gasteiger partial charge in [-0.25, -0.2) is 0 Å². The lowest BCUT2D eigenvalue weighted by molar-refractivity contribution is -0.0301. The molecular weight excluding hydrogens is 408 g/mol. The van der Waals surface area contributed by atoms with Crippen LogP contribution in [0.3, 0.4) is 0 Å². The normalized spacial score (nSPS) is 19.8. The van der Waals surface area contributed by atoms with Crippen LogP contribution in [0.4, 0.5) is 0 Å². The van der Waals surface area contributed by atoms with E-state index in [1.165, 1.54) is 0 Å². The molecule has 2 fully saturated rings. The minimum Gasteiger partial charge on any atom is -0.493 e. The summed E-state index contributed by atoms with van der Waals surface area (Å²) < 4.78 is 22.1. The van der Waals surface area contributed by atoms with E-state index in [0.717, 1.165) is 31.7 Å². The summed E-state index contributed by atoms with van der Waals surface area (Å²) in [5.74, 6) is 1.25. The Morgan fingerprint density at radius 3 is 2.00 bits per heavy atom. The van der Waals surface area contributed by atoms with E-state index in [-0.39, 0.29) is 17.9 Å². The van der Waals surface area contributed by atoms with Gasteiger partial charge in [0.05, 0.1) is 52.7 Å². The van der Waals surface area contributed by atoms with Crippen molar-refractivity contribution in [2.24, 2.45) is 0 Å². The summed E-state index contributed by atoms with van der Waals surface area (Å²) in [5, 5.41) is 0. The van der Waals surface area contributed by atoms with Gasteiger partial charge < -0.3 is 18.9 Å². The van der Waals surface area contributed by atoms with Crippen LogP contribution < -0.4 is 9.47 Å². The van der Waals surface area contributed by atoms with Crippen molar-refractivity contribution in [1.82, 2.24) is 9.80 Å². The maximum Gasteiger partial charge on any atom is 0.182 e. The number of benzene rings is 2. The molecule has 172 valence electrons. The van der Waals surface area contributed by atoms with E-state index in [2.05, 4.69) is 21.9 Å². The number of methoxy groups -OCH3 is 2. The first-order chi connectivity index (χ1) is 15.7. The van der Waals surface area contributed by atoms with Crippen molar-refractivity contribution >= 4 is 5.78 Å². The van der Waals surface area contributed by atoms with Gasteiger partial charge in [0.15, 0.2) is 17.3 Å². The van der Waals surface area contributed by atoms with Crippen LogP contribution in [0.2, 0.25) is 0 Å². The third kappa shape index (κ3) is 4.96. The van der Waals surface area contributed by atoms with Gasteiger partial charge in [-0.05, 0) is 23.8 Å². The quantitative estimate of drug-likeness (QED) is 0.585. The largest absolute Gasteiger partial charge is 0.493 e. The predicted molar refractivity (Wildman–Crippen MR) is 122 cm³/mol. The van der Waals surface area contributed by atoms with Crippen molar-refractivity contribution in [3.8, 4) is 11.5 Å². The average molecular weight is 441 g/mol. The molecule has 0 saturated carbocycles. The minimum absolute atomic E-state index is 0.0770. The van der Waals surface area contributed by atoms with Crippen LogP contribution in [0.15, 0.2) is 48.5 Å². The topological polar surface area (TPSA) is 60.5 Å². The summed E-state index contributed by atoms with van der Waals surface area (Å²) in [6, 6.07) is 15.3. The first-order valence-electron chi connectivity index (χ1n) is 11.2. The van der Waals surface area contributed by atoms with E-state index in [9.17, 15) is 4.79 Å². The lowest BCUT2D eigenvalue weighted by atomic mass is 9.89. The van der Waals surface area contributed by atoms with Gasteiger partial charge in [-0.2, -0.15) is 0 Å². The van der Waals surface area contributed by atoms with E-state index in [4.69, 9.17) is 18.9 Å². The van der Waals surface area contributed by atoms with Crippen LogP contribution in [-0.4, -0.2) is 88.5 Å². The molecular formula is C25H32N2O5. The molecule has 7 nitrogen and oxygen atoms in total. The molecule has 2 aliphatic heterocycles. The Hall–Kier alpha value is -2.45. The summed E-state index contributed by atoms with van der Waals surface area (Å²) in [6.45, 7) is 5.61. The van der Waals surface area contributed by atoms with E-state index in [0.29, 0.717) is 43.5 Å². The lowest BCUT2D eigenvalue weighted by Gasteiger charge is -2.44. The molecule has 0 aromatic heterocycles. The number of Topliss-reactive ketones (excluding diaryl/α,β-unsaturated/α-hetero) is 1. The molecule has 0 unspecified atom stereocenters. The third-order valence-corrected chi connectivity index (χ3v) is 6.25. The van der Waals surface area contributed by atoms with Crippen LogP contribution in [0.1, 0.15) is 22.0 Å². The Labute approximate surface area is 189 Å². The molecule has 0 spiro atoms. The molecule has 0 aliphatic carbocycles. The zero-order valence-electron chi connectivity index (χ0n) is 18.9. The second-order valence-corrected chi connectivity index (χ2v) is 8.03. The number of ether oxygens (including phenoxy) is 4. The Kier molecular flexibility index (Phi) is 7.76. The van der Waals surface area contributed by atoms with Crippen molar-refractivity contribution in [3.63, 3.8) is 0 Å². The third-order valence-electron chi connectivity index (χ3n) is 6.25. The second kappa shape index (κ2) is 10.9. The number of nitrogens with zero attached hydrogens (tertiary/aromatic N) is 2. The fraction of sp³-hybridized carbons (Fsp3) is 0.480. The number of morpholine rings is 2. The molecule has 2 aliphatic rings. The van der Waals surface area contributed by atoms with E-state index < -0.39 is 0 Å². The smallest absolute Gasteiger partial charge is 0.182 e. The molecule has 2 aromatic carbocycles. The van der Waals surface area contributed by atoms with Crippen LogP contribution >= 0.6 is 0 Å². The zero-order chi connectivity index (χ0) is 22.3. The Balaban J connectivity index is 1.76. The van der Waals surface area contributed by atoms with Gasteiger partial charge in [0.1, 0.15) is 0 Å². The van der Waals surface area contributed by atoms with E-state index >= 15 is 0 Å². The molecule has 2 aromatic rings. The maximum atomic E-state index is 14.1. The van der Waals surface area contributed by atoms with Gasteiger partial charge in [-0.3, -0.25) is 14.6 Å². The highest BCUT2D eigenvalue weighted by Crippen LogP contribution is 2.34. The average Bonchev–Trinajstić information content (AvgIpc) is 2.88. The number of carbonyl (C=O) groups excluding carboxylic acids is 1.